The summed E-state index contributed by atoms with van der Waals surface area (Å²) in [6.45, 7) is 1.65. The second kappa shape index (κ2) is 9.63. The third kappa shape index (κ3) is 4.68. The molecule has 0 aromatic carbocycles. The van der Waals surface area contributed by atoms with E-state index < -0.39 is 0 Å². The number of aromatic nitrogens is 1. The van der Waals surface area contributed by atoms with Crippen LogP contribution >= 0.6 is 23.1 Å². The first-order valence-corrected chi connectivity index (χ1v) is 12.2. The molecule has 1 aliphatic heterocycles. The van der Waals surface area contributed by atoms with Crippen molar-refractivity contribution in [3.8, 4) is 6.07 Å². The van der Waals surface area contributed by atoms with E-state index in [2.05, 4.69) is 16.4 Å². The molecular weight excluding hydrogens is 416 g/mol. The Bertz CT molecular complexity index is 972. The Morgan fingerprint density at radius 1 is 1.20 bits per heavy atom. The number of likely N-dealkylation sites (tertiary alicyclic amines) is 1. The zero-order chi connectivity index (χ0) is 20.9. The number of fused-ring (bicyclic) bond motifs is 1. The van der Waals surface area contributed by atoms with Gasteiger partial charge in [-0.2, -0.15) is 5.26 Å². The predicted octanol–water partition coefficient (Wildman–Crippen LogP) is 4.25. The fourth-order valence-electron chi connectivity index (χ4n) is 3.90. The molecule has 0 radical (unpaired) electrons. The first-order chi connectivity index (χ1) is 14.7. The molecule has 6 nitrogen and oxygen atoms in total. The maximum Gasteiger partial charge on any atom is 0.255 e. The fraction of sp³-hybridized carbons (Fsp3) is 0.455. The Labute approximate surface area is 184 Å². The van der Waals surface area contributed by atoms with Crippen molar-refractivity contribution >= 4 is 39.9 Å². The molecule has 2 aliphatic rings. The van der Waals surface area contributed by atoms with Gasteiger partial charge in [-0.1, -0.05) is 0 Å². The lowest BCUT2D eigenvalue weighted by atomic mass is 9.96. The summed E-state index contributed by atoms with van der Waals surface area (Å²) >= 11 is 3.04. The third-order valence-corrected chi connectivity index (χ3v) is 7.64. The van der Waals surface area contributed by atoms with Gasteiger partial charge in [-0.15, -0.1) is 23.1 Å². The van der Waals surface area contributed by atoms with E-state index in [1.807, 2.05) is 17.0 Å². The number of pyridine rings is 1. The normalized spacial score (nSPS) is 15.5. The Morgan fingerprint density at radius 2 is 2.00 bits per heavy atom. The second-order valence-corrected chi connectivity index (χ2v) is 9.78. The largest absolute Gasteiger partial charge is 0.339 e. The van der Waals surface area contributed by atoms with Gasteiger partial charge in [0.15, 0.2) is 0 Å². The van der Waals surface area contributed by atoms with Crippen LogP contribution in [0.5, 0.6) is 0 Å². The molecule has 4 rings (SSSR count). The van der Waals surface area contributed by atoms with Crippen molar-refractivity contribution in [2.24, 2.45) is 0 Å². The molecule has 0 saturated carbocycles. The Kier molecular flexibility index (Phi) is 6.70. The number of nitrogens with one attached hydrogen (secondary N) is 1. The monoisotopic (exact) mass is 440 g/mol. The molecule has 2 amide bonds. The summed E-state index contributed by atoms with van der Waals surface area (Å²) in [4.78, 5) is 32.2. The average Bonchev–Trinajstić information content (AvgIpc) is 3.41. The van der Waals surface area contributed by atoms with Gasteiger partial charge in [0.05, 0.1) is 16.2 Å². The third-order valence-electron chi connectivity index (χ3n) is 5.49. The molecule has 30 heavy (non-hydrogen) atoms. The number of thiophene rings is 1. The Hall–Kier alpha value is -2.37. The van der Waals surface area contributed by atoms with Crippen molar-refractivity contribution in [3.63, 3.8) is 0 Å². The van der Waals surface area contributed by atoms with E-state index >= 15 is 0 Å². The molecular formula is C22H24N4O2S2. The average molecular weight is 441 g/mol. The molecule has 0 spiro atoms. The molecule has 0 bridgehead atoms. The summed E-state index contributed by atoms with van der Waals surface area (Å²) in [6.07, 6.45) is 8.30. The number of nitrogens with zero attached hydrogens (tertiary/aromatic N) is 3. The van der Waals surface area contributed by atoms with Crippen molar-refractivity contribution in [1.82, 2.24) is 9.88 Å². The maximum atomic E-state index is 12.4. The zero-order valence-electron chi connectivity index (χ0n) is 16.8. The smallest absolute Gasteiger partial charge is 0.255 e. The number of nitriles is 1. The molecule has 156 valence electrons. The minimum absolute atomic E-state index is 0.0443. The number of hydrogen-bond acceptors (Lipinski definition) is 6. The van der Waals surface area contributed by atoms with Gasteiger partial charge < -0.3 is 10.2 Å². The SMILES string of the molecule is N#Cc1c(NC(=O)CCSc2ccc(C(=O)N3CCCC3)cn2)sc2c1CCCC2. The number of carbonyl (C=O) groups is 2. The van der Waals surface area contributed by atoms with Crippen LogP contribution in [0.4, 0.5) is 5.00 Å². The highest BCUT2D eigenvalue weighted by atomic mass is 32.2. The van der Waals surface area contributed by atoms with Crippen molar-refractivity contribution in [2.45, 2.75) is 50.0 Å². The van der Waals surface area contributed by atoms with Crippen molar-refractivity contribution in [3.05, 3.63) is 39.9 Å². The number of rotatable bonds is 6. The number of amides is 2. The van der Waals surface area contributed by atoms with Gasteiger partial charge in [0, 0.05) is 36.3 Å². The summed E-state index contributed by atoms with van der Waals surface area (Å²) in [5.41, 5.74) is 2.39. The number of thioether (sulfide) groups is 1. The number of hydrogen-bond donors (Lipinski definition) is 1. The summed E-state index contributed by atoms with van der Waals surface area (Å²) < 4.78 is 0. The maximum absolute atomic E-state index is 12.4. The molecule has 1 fully saturated rings. The van der Waals surface area contributed by atoms with Crippen LogP contribution in [0.2, 0.25) is 0 Å². The van der Waals surface area contributed by atoms with Gasteiger partial charge in [0.25, 0.3) is 5.91 Å². The highest BCUT2D eigenvalue weighted by Crippen LogP contribution is 2.37. The molecule has 2 aromatic heterocycles. The standard InChI is InChI=1S/C22H24N4O2S2/c23-13-17-16-5-1-2-6-18(16)30-21(17)25-19(27)9-12-29-20-8-7-15(14-24-20)22(28)26-10-3-4-11-26/h7-8,14H,1-6,9-12H2,(H,25,27). The van der Waals surface area contributed by atoms with Gasteiger partial charge in [-0.05, 0) is 56.2 Å². The fourth-order valence-corrected chi connectivity index (χ4v) is 5.95. The molecule has 2 aromatic rings. The van der Waals surface area contributed by atoms with E-state index in [-0.39, 0.29) is 11.8 Å². The summed E-state index contributed by atoms with van der Waals surface area (Å²) in [5, 5.41) is 13.9. The first kappa shape index (κ1) is 20.9. The number of carbonyl (C=O) groups excluding carboxylic acids is 2. The molecule has 1 saturated heterocycles. The van der Waals surface area contributed by atoms with E-state index in [0.29, 0.717) is 28.3 Å². The lowest BCUT2D eigenvalue weighted by Gasteiger charge is -2.14. The molecule has 3 heterocycles. The number of anilines is 1. The van der Waals surface area contributed by atoms with E-state index in [1.165, 1.54) is 16.6 Å². The van der Waals surface area contributed by atoms with Gasteiger partial charge >= 0.3 is 0 Å². The van der Waals surface area contributed by atoms with Crippen LogP contribution in [-0.4, -0.2) is 40.5 Å². The van der Waals surface area contributed by atoms with Crippen molar-refractivity contribution < 1.29 is 9.59 Å². The Balaban J connectivity index is 1.27. The first-order valence-electron chi connectivity index (χ1n) is 10.4. The zero-order valence-corrected chi connectivity index (χ0v) is 18.4. The summed E-state index contributed by atoms with van der Waals surface area (Å²) in [5.74, 6) is 0.548. The summed E-state index contributed by atoms with van der Waals surface area (Å²) in [6, 6.07) is 5.93. The molecule has 0 atom stereocenters. The second-order valence-electron chi connectivity index (χ2n) is 7.56. The van der Waals surface area contributed by atoms with Gasteiger partial charge in [0.1, 0.15) is 11.1 Å². The van der Waals surface area contributed by atoms with Crippen molar-refractivity contribution in [2.75, 3.05) is 24.2 Å². The van der Waals surface area contributed by atoms with Crippen LogP contribution in [0.1, 0.15) is 58.5 Å². The van der Waals surface area contributed by atoms with E-state index in [0.717, 1.165) is 62.2 Å². The molecule has 1 aliphatic carbocycles. The van der Waals surface area contributed by atoms with Gasteiger partial charge in [0.2, 0.25) is 5.91 Å². The molecule has 8 heteroatoms. The molecule has 0 unspecified atom stereocenters. The molecule has 1 N–H and O–H groups in total. The highest BCUT2D eigenvalue weighted by Gasteiger charge is 2.22. The van der Waals surface area contributed by atoms with Crippen LogP contribution in [0, 0.1) is 11.3 Å². The van der Waals surface area contributed by atoms with E-state index in [1.54, 1.807) is 17.5 Å². The Morgan fingerprint density at radius 3 is 2.73 bits per heavy atom. The van der Waals surface area contributed by atoms with Crippen LogP contribution < -0.4 is 5.32 Å². The summed E-state index contributed by atoms with van der Waals surface area (Å²) in [7, 11) is 0. The van der Waals surface area contributed by atoms with E-state index in [9.17, 15) is 14.9 Å². The number of aryl methyl sites for hydroxylation is 1. The van der Waals surface area contributed by atoms with E-state index in [4.69, 9.17) is 0 Å². The van der Waals surface area contributed by atoms with Crippen LogP contribution in [0.3, 0.4) is 0 Å². The predicted molar refractivity (Wildman–Crippen MR) is 119 cm³/mol. The van der Waals surface area contributed by atoms with Crippen molar-refractivity contribution in [1.29, 1.82) is 5.26 Å². The van der Waals surface area contributed by atoms with Gasteiger partial charge in [-0.3, -0.25) is 9.59 Å². The van der Waals surface area contributed by atoms with Crippen LogP contribution in [0.25, 0.3) is 0 Å². The highest BCUT2D eigenvalue weighted by molar-refractivity contribution is 7.99. The quantitative estimate of drug-likeness (QED) is 0.679. The topological polar surface area (TPSA) is 86.1 Å². The lowest BCUT2D eigenvalue weighted by Crippen LogP contribution is -2.27. The van der Waals surface area contributed by atoms with Crippen LogP contribution in [0.15, 0.2) is 23.4 Å². The lowest BCUT2D eigenvalue weighted by molar-refractivity contribution is -0.115. The minimum atomic E-state index is -0.0848. The van der Waals surface area contributed by atoms with Gasteiger partial charge in [-0.25, -0.2) is 4.98 Å². The minimum Gasteiger partial charge on any atom is -0.339 e. The van der Waals surface area contributed by atoms with Crippen LogP contribution in [-0.2, 0) is 17.6 Å².